The number of amides is 1. The van der Waals surface area contributed by atoms with Crippen LogP contribution < -0.4 is 0 Å². The van der Waals surface area contributed by atoms with Crippen molar-refractivity contribution in [3.63, 3.8) is 0 Å². The van der Waals surface area contributed by atoms with Gasteiger partial charge in [-0.25, -0.2) is 0 Å². The molecule has 14 heavy (non-hydrogen) atoms. The summed E-state index contributed by atoms with van der Waals surface area (Å²) >= 11 is 0. The molecule has 1 fully saturated rings. The molecule has 1 heterocycles. The summed E-state index contributed by atoms with van der Waals surface area (Å²) in [6.07, 6.45) is 1.70. The van der Waals surface area contributed by atoms with Gasteiger partial charge in [0.05, 0.1) is 5.91 Å². The van der Waals surface area contributed by atoms with Crippen LogP contribution in [0.4, 0.5) is 0 Å². The van der Waals surface area contributed by atoms with Gasteiger partial charge in [0.1, 0.15) is 5.78 Å². The molecule has 1 amide bonds. The topological polar surface area (TPSA) is 48.2 Å². The Labute approximate surface area is 111 Å². The Morgan fingerprint density at radius 1 is 1.57 bits per heavy atom. The largest absolute Gasteiger partial charge is 0.642 e. The molecule has 1 aliphatic rings. The Morgan fingerprint density at radius 3 is 2.36 bits per heavy atom. The molecule has 2 atom stereocenters. The average molecular weight is 272 g/mol. The Bertz CT molecular complexity index is 230. The Balaban J connectivity index is 0. The zero-order chi connectivity index (χ0) is 9.35. The third-order valence-electron chi connectivity index (χ3n) is 2.61. The van der Waals surface area contributed by atoms with E-state index in [9.17, 15) is 9.59 Å². The van der Waals surface area contributed by atoms with Crippen molar-refractivity contribution in [3.8, 4) is 0 Å². The first-order valence-corrected chi connectivity index (χ1v) is 4.30. The molecule has 0 aromatic heterocycles. The molecular weight excluding hydrogens is 255 g/mol. The first-order chi connectivity index (χ1) is 5.52. The minimum atomic E-state index is -0.701. The van der Waals surface area contributed by atoms with E-state index in [1.54, 1.807) is 6.92 Å². The number of nitrogens with zero attached hydrogens (tertiary/aromatic N) is 1. The summed E-state index contributed by atoms with van der Waals surface area (Å²) in [5.41, 5.74) is -0.701. The fourth-order valence-electron chi connectivity index (χ4n) is 1.58. The third-order valence-corrected chi connectivity index (χ3v) is 2.61. The number of ketones is 1. The second-order valence-electron chi connectivity index (χ2n) is 3.50. The van der Waals surface area contributed by atoms with Crippen molar-refractivity contribution in [2.75, 3.05) is 0 Å². The van der Waals surface area contributed by atoms with Crippen LogP contribution in [0.5, 0.6) is 0 Å². The van der Waals surface area contributed by atoms with E-state index in [1.807, 2.05) is 6.92 Å². The molecule has 4 heteroatoms. The number of β-lactam (4-membered cyclic amide) rings is 1. The number of hydrogen-bond donors (Lipinski definition) is 0. The van der Waals surface area contributed by atoms with Crippen LogP contribution in [0.25, 0.3) is 5.32 Å². The Kier molecular flexibility index (Phi) is 7.10. The quantitative estimate of drug-likeness (QED) is 0.583. The molecule has 0 aromatic rings. The fraction of sp³-hybridized carbons (Fsp3) is 0.700. The maximum absolute atomic E-state index is 11.1. The van der Waals surface area contributed by atoms with Crippen molar-refractivity contribution >= 4 is 11.7 Å². The number of Topliss-reactive ketones (excluding diaryl/α,β-unsaturated/α-hetero) is 1. The smallest absolute Gasteiger partial charge is 0.119 e. The maximum atomic E-state index is 11.1. The minimum absolute atomic E-state index is 0. The van der Waals surface area contributed by atoms with Crippen LogP contribution in [0.3, 0.4) is 0 Å². The molecule has 0 N–H and O–H groups in total. The zero-order valence-electron chi connectivity index (χ0n) is 9.33. The summed E-state index contributed by atoms with van der Waals surface area (Å²) in [6.45, 7) is 5.25. The van der Waals surface area contributed by atoms with Crippen molar-refractivity contribution in [2.45, 2.75) is 39.2 Å². The van der Waals surface area contributed by atoms with Crippen molar-refractivity contribution < 1.29 is 42.3 Å². The first kappa shape index (κ1) is 16.7. The molecular formula is C10H17NO2Y-2. The SMILES string of the molecule is CCCC1C(=O)[N-]C1(C)C(C)=O.[CH3-].[Y]. The van der Waals surface area contributed by atoms with E-state index in [1.165, 1.54) is 6.92 Å². The molecule has 0 aliphatic carbocycles. The van der Waals surface area contributed by atoms with Crippen LogP contribution >= 0.6 is 0 Å². The number of carbonyl (C=O) groups is 2. The third kappa shape index (κ3) is 2.63. The van der Waals surface area contributed by atoms with Gasteiger partial charge in [-0.1, -0.05) is 20.3 Å². The van der Waals surface area contributed by atoms with Crippen molar-refractivity contribution in [3.05, 3.63) is 12.7 Å². The molecule has 0 saturated carbocycles. The van der Waals surface area contributed by atoms with Crippen LogP contribution in [0.2, 0.25) is 0 Å². The van der Waals surface area contributed by atoms with Gasteiger partial charge in [0.2, 0.25) is 0 Å². The second-order valence-corrected chi connectivity index (χ2v) is 3.50. The van der Waals surface area contributed by atoms with Gasteiger partial charge in [0.15, 0.2) is 0 Å². The predicted molar refractivity (Wildman–Crippen MR) is 52.3 cm³/mol. The standard InChI is InChI=1S/C9H15NO2.CH3.Y/c1-4-5-7-8(12)10-9(7,3)6(2)11;;/h7H,4-5H2,1-3H3,(H,10,12);1H3;/q;-1;/p-1. The van der Waals surface area contributed by atoms with E-state index in [0.29, 0.717) is 0 Å². The predicted octanol–water partition coefficient (Wildman–Crippen LogP) is 2.11. The van der Waals surface area contributed by atoms with E-state index >= 15 is 0 Å². The molecule has 1 saturated heterocycles. The Morgan fingerprint density at radius 2 is 2.07 bits per heavy atom. The number of rotatable bonds is 3. The number of carbonyl (C=O) groups excluding carboxylic acids is 2. The normalized spacial score (nSPS) is 29.1. The average Bonchev–Trinajstić information content (AvgIpc) is 2.00. The molecule has 2 unspecified atom stereocenters. The molecule has 79 valence electrons. The summed E-state index contributed by atoms with van der Waals surface area (Å²) in [5, 5.41) is 3.76. The van der Waals surface area contributed by atoms with Gasteiger partial charge in [0.25, 0.3) is 0 Å². The van der Waals surface area contributed by atoms with E-state index in [4.69, 9.17) is 0 Å². The van der Waals surface area contributed by atoms with Gasteiger partial charge >= 0.3 is 0 Å². The molecule has 0 spiro atoms. The first-order valence-electron chi connectivity index (χ1n) is 4.30. The van der Waals surface area contributed by atoms with Gasteiger partial charge in [0, 0.05) is 32.7 Å². The molecule has 0 bridgehead atoms. The van der Waals surface area contributed by atoms with Gasteiger partial charge in [-0.3, -0.25) is 0 Å². The summed E-state index contributed by atoms with van der Waals surface area (Å²) in [4.78, 5) is 22.2. The van der Waals surface area contributed by atoms with Crippen LogP contribution in [0.15, 0.2) is 0 Å². The molecule has 1 aliphatic heterocycles. The van der Waals surface area contributed by atoms with Gasteiger partial charge in [-0.15, -0.1) is 0 Å². The van der Waals surface area contributed by atoms with Gasteiger partial charge in [-0.05, 0) is 24.8 Å². The zero-order valence-corrected chi connectivity index (χ0v) is 12.2. The van der Waals surface area contributed by atoms with Crippen LogP contribution in [-0.2, 0) is 42.3 Å². The van der Waals surface area contributed by atoms with E-state index < -0.39 is 5.54 Å². The van der Waals surface area contributed by atoms with E-state index in [0.717, 1.165) is 12.8 Å². The maximum Gasteiger partial charge on any atom is 0.119 e. The van der Waals surface area contributed by atoms with E-state index in [2.05, 4.69) is 5.32 Å². The van der Waals surface area contributed by atoms with Crippen molar-refractivity contribution in [1.29, 1.82) is 0 Å². The van der Waals surface area contributed by atoms with Gasteiger partial charge < -0.3 is 22.3 Å². The molecule has 0 aromatic carbocycles. The molecule has 3 nitrogen and oxygen atoms in total. The summed E-state index contributed by atoms with van der Waals surface area (Å²) in [7, 11) is 0. The van der Waals surface area contributed by atoms with Crippen LogP contribution in [0, 0.1) is 13.3 Å². The summed E-state index contributed by atoms with van der Waals surface area (Å²) in [5.74, 6) is -0.255. The fourth-order valence-corrected chi connectivity index (χ4v) is 1.58. The van der Waals surface area contributed by atoms with Crippen LogP contribution in [0.1, 0.15) is 33.6 Å². The summed E-state index contributed by atoms with van der Waals surface area (Å²) < 4.78 is 0. The van der Waals surface area contributed by atoms with Crippen LogP contribution in [-0.4, -0.2) is 17.2 Å². The van der Waals surface area contributed by atoms with Crippen molar-refractivity contribution in [2.24, 2.45) is 5.92 Å². The molecule has 1 rings (SSSR count). The second kappa shape index (κ2) is 5.97. The molecule has 1 radical (unpaired) electrons. The number of hydrogen-bond acceptors (Lipinski definition) is 2. The van der Waals surface area contributed by atoms with Gasteiger partial charge in [-0.2, -0.15) is 0 Å². The monoisotopic (exact) mass is 272 g/mol. The van der Waals surface area contributed by atoms with E-state index in [-0.39, 0.29) is 57.7 Å². The van der Waals surface area contributed by atoms with Crippen molar-refractivity contribution in [1.82, 2.24) is 0 Å². The summed E-state index contributed by atoms with van der Waals surface area (Å²) in [6, 6.07) is 0. The Hall–Kier alpha value is 0.244. The minimum Gasteiger partial charge on any atom is -0.642 e.